The van der Waals surface area contributed by atoms with E-state index in [2.05, 4.69) is 57.2 Å². The van der Waals surface area contributed by atoms with Crippen molar-refractivity contribution in [1.82, 2.24) is 10.3 Å². The molecule has 0 radical (unpaired) electrons. The Balaban J connectivity index is 2.62. The van der Waals surface area contributed by atoms with E-state index in [-0.39, 0.29) is 5.41 Å². The summed E-state index contributed by atoms with van der Waals surface area (Å²) >= 11 is 1.75. The molecule has 0 aliphatic carbocycles. The van der Waals surface area contributed by atoms with E-state index in [0.717, 1.165) is 19.5 Å². The van der Waals surface area contributed by atoms with Crippen LogP contribution in [0, 0.1) is 24.2 Å². The first kappa shape index (κ1) is 15.6. The first-order chi connectivity index (χ1) is 8.33. The van der Waals surface area contributed by atoms with Crippen molar-refractivity contribution >= 4 is 11.3 Å². The second-order valence-electron chi connectivity index (χ2n) is 6.37. The molecule has 0 fully saturated rings. The maximum Gasteiger partial charge on any atom is 0.0897 e. The molecule has 1 aromatic heterocycles. The summed E-state index contributed by atoms with van der Waals surface area (Å²) in [7, 11) is 0. The highest BCUT2D eigenvalue weighted by Gasteiger charge is 2.29. The van der Waals surface area contributed by atoms with Crippen molar-refractivity contribution in [2.24, 2.45) is 17.3 Å². The number of rotatable bonds is 7. The van der Waals surface area contributed by atoms with Gasteiger partial charge in [0.05, 0.1) is 10.7 Å². The monoisotopic (exact) mass is 268 g/mol. The molecule has 1 unspecified atom stereocenters. The lowest BCUT2D eigenvalue weighted by molar-refractivity contribution is 0.203. The number of thiazole rings is 1. The summed E-state index contributed by atoms with van der Waals surface area (Å²) in [4.78, 5) is 4.61. The first-order valence-corrected chi connectivity index (χ1v) is 7.83. The van der Waals surface area contributed by atoms with E-state index in [9.17, 15) is 0 Å². The average Bonchev–Trinajstić information content (AvgIpc) is 2.62. The zero-order valence-electron chi connectivity index (χ0n) is 12.7. The Hall–Kier alpha value is -0.410. The summed E-state index contributed by atoms with van der Waals surface area (Å²) in [6, 6.07) is 0. The molecule has 0 saturated carbocycles. The quantitative estimate of drug-likeness (QED) is 0.811. The van der Waals surface area contributed by atoms with Crippen molar-refractivity contribution in [3.63, 3.8) is 0 Å². The third kappa shape index (κ3) is 4.69. The maximum atomic E-state index is 4.61. The third-order valence-electron chi connectivity index (χ3n) is 3.73. The zero-order chi connectivity index (χ0) is 13.8. The summed E-state index contributed by atoms with van der Waals surface area (Å²) in [5, 5.41) is 6.99. The van der Waals surface area contributed by atoms with Gasteiger partial charge in [0, 0.05) is 11.9 Å². The number of nitrogens with one attached hydrogen (secondary N) is 1. The van der Waals surface area contributed by atoms with E-state index in [4.69, 9.17) is 0 Å². The van der Waals surface area contributed by atoms with Crippen LogP contribution in [0.3, 0.4) is 0 Å². The van der Waals surface area contributed by atoms with E-state index >= 15 is 0 Å². The molecule has 0 aromatic carbocycles. The lowest BCUT2D eigenvalue weighted by Crippen LogP contribution is -2.39. The van der Waals surface area contributed by atoms with Crippen LogP contribution in [0.25, 0.3) is 0 Å². The fourth-order valence-electron chi connectivity index (χ4n) is 2.02. The molecule has 1 atom stereocenters. The molecule has 1 N–H and O–H groups in total. The normalized spacial score (nSPS) is 15.3. The molecule has 1 aromatic rings. The van der Waals surface area contributed by atoms with Gasteiger partial charge in [-0.1, -0.05) is 34.6 Å². The summed E-state index contributed by atoms with van der Waals surface area (Å²) < 4.78 is 0. The zero-order valence-corrected chi connectivity index (χ0v) is 13.5. The second-order valence-corrected chi connectivity index (χ2v) is 7.43. The predicted molar refractivity (Wildman–Crippen MR) is 81.2 cm³/mol. The number of hydrogen-bond acceptors (Lipinski definition) is 3. The molecule has 0 spiro atoms. The van der Waals surface area contributed by atoms with Gasteiger partial charge in [0.25, 0.3) is 0 Å². The summed E-state index contributed by atoms with van der Waals surface area (Å²) in [6.07, 6.45) is 1.07. The van der Waals surface area contributed by atoms with Gasteiger partial charge in [0.1, 0.15) is 0 Å². The molecule has 0 saturated heterocycles. The maximum absolute atomic E-state index is 4.61. The van der Waals surface area contributed by atoms with Gasteiger partial charge in [-0.15, -0.1) is 11.3 Å². The summed E-state index contributed by atoms with van der Waals surface area (Å²) in [5.41, 5.74) is 1.54. The van der Waals surface area contributed by atoms with Gasteiger partial charge in [-0.25, -0.2) is 4.98 Å². The van der Waals surface area contributed by atoms with Crippen molar-refractivity contribution in [3.8, 4) is 0 Å². The van der Waals surface area contributed by atoms with Crippen molar-refractivity contribution in [2.45, 2.75) is 48.0 Å². The Morgan fingerprint density at radius 1 is 1.33 bits per heavy atom. The molecule has 1 heterocycles. The highest BCUT2D eigenvalue weighted by atomic mass is 32.1. The van der Waals surface area contributed by atoms with Crippen molar-refractivity contribution in [2.75, 3.05) is 13.1 Å². The molecular weight excluding hydrogens is 240 g/mol. The van der Waals surface area contributed by atoms with Crippen LogP contribution in [0.1, 0.15) is 45.3 Å². The van der Waals surface area contributed by atoms with Crippen LogP contribution in [0.15, 0.2) is 5.38 Å². The van der Waals surface area contributed by atoms with Crippen molar-refractivity contribution < 1.29 is 0 Å². The van der Waals surface area contributed by atoms with E-state index in [0.29, 0.717) is 11.8 Å². The first-order valence-electron chi connectivity index (χ1n) is 6.95. The topological polar surface area (TPSA) is 24.9 Å². The predicted octanol–water partition coefficient (Wildman–Crippen LogP) is 3.90. The van der Waals surface area contributed by atoms with Crippen LogP contribution in [-0.4, -0.2) is 18.1 Å². The molecule has 0 aliphatic rings. The van der Waals surface area contributed by atoms with E-state index < -0.39 is 0 Å². The molecule has 0 bridgehead atoms. The summed E-state index contributed by atoms with van der Waals surface area (Å²) in [6.45, 7) is 15.8. The van der Waals surface area contributed by atoms with E-state index in [1.807, 2.05) is 0 Å². The highest BCUT2D eigenvalue weighted by molar-refractivity contribution is 7.09. The smallest absolute Gasteiger partial charge is 0.0897 e. The largest absolute Gasteiger partial charge is 0.316 e. The van der Waals surface area contributed by atoms with Gasteiger partial charge in [-0.3, -0.25) is 0 Å². The van der Waals surface area contributed by atoms with Gasteiger partial charge < -0.3 is 5.32 Å². The van der Waals surface area contributed by atoms with Crippen molar-refractivity contribution in [1.29, 1.82) is 0 Å². The fourth-order valence-corrected chi connectivity index (χ4v) is 2.63. The second kappa shape index (κ2) is 6.67. The highest BCUT2D eigenvalue weighted by Crippen LogP contribution is 2.31. The minimum absolute atomic E-state index is 0.287. The molecule has 0 amide bonds. The van der Waals surface area contributed by atoms with E-state index in [1.165, 1.54) is 10.7 Å². The Morgan fingerprint density at radius 3 is 2.44 bits per heavy atom. The van der Waals surface area contributed by atoms with E-state index in [1.54, 1.807) is 11.3 Å². The number of aryl methyl sites for hydroxylation is 1. The number of nitrogens with zero attached hydrogens (tertiary/aromatic N) is 1. The van der Waals surface area contributed by atoms with Gasteiger partial charge in [-0.2, -0.15) is 0 Å². The minimum Gasteiger partial charge on any atom is -0.316 e. The average molecular weight is 268 g/mol. The van der Waals surface area contributed by atoms with Gasteiger partial charge >= 0.3 is 0 Å². The van der Waals surface area contributed by atoms with Crippen LogP contribution in [0.4, 0.5) is 0 Å². The van der Waals surface area contributed by atoms with Crippen LogP contribution in [-0.2, 0) is 6.42 Å². The summed E-state index contributed by atoms with van der Waals surface area (Å²) in [5.74, 6) is 1.36. The Labute approximate surface area is 116 Å². The molecule has 0 aliphatic heterocycles. The molecule has 1 rings (SSSR count). The van der Waals surface area contributed by atoms with Gasteiger partial charge in [0.15, 0.2) is 0 Å². The van der Waals surface area contributed by atoms with Gasteiger partial charge in [0.2, 0.25) is 0 Å². The fraction of sp³-hybridized carbons (Fsp3) is 0.800. The molecule has 18 heavy (non-hydrogen) atoms. The third-order valence-corrected chi connectivity index (χ3v) is 4.55. The van der Waals surface area contributed by atoms with Crippen LogP contribution in [0.5, 0.6) is 0 Å². The van der Waals surface area contributed by atoms with Crippen molar-refractivity contribution in [3.05, 3.63) is 16.1 Å². The molecule has 2 nitrogen and oxygen atoms in total. The Morgan fingerprint density at radius 2 is 2.00 bits per heavy atom. The van der Waals surface area contributed by atoms with Crippen LogP contribution < -0.4 is 5.32 Å². The van der Waals surface area contributed by atoms with Crippen LogP contribution in [0.2, 0.25) is 0 Å². The Kier molecular flexibility index (Phi) is 5.80. The standard InChI is InChI=1S/C15H28N2S/c1-11(2)8-16-10-15(6,12(3)4)7-14-9-18-13(5)17-14/h9,11-12,16H,7-8,10H2,1-6H3. The van der Waals surface area contributed by atoms with Gasteiger partial charge in [-0.05, 0) is 37.1 Å². The van der Waals surface area contributed by atoms with Crippen LogP contribution >= 0.6 is 11.3 Å². The SMILES string of the molecule is Cc1nc(CC(C)(CNCC(C)C)C(C)C)cs1. The lowest BCUT2D eigenvalue weighted by atomic mass is 9.75. The number of hydrogen-bond donors (Lipinski definition) is 1. The number of aromatic nitrogens is 1. The lowest BCUT2D eigenvalue weighted by Gasteiger charge is -2.34. The Bertz CT molecular complexity index is 357. The molecule has 104 valence electrons. The minimum atomic E-state index is 0.287. The molecule has 3 heteroatoms. The molecular formula is C15H28N2S.